The number of carbonyl (C=O) groups excluding carboxylic acids is 2. The van der Waals surface area contributed by atoms with Crippen LogP contribution < -0.4 is 15.9 Å². The van der Waals surface area contributed by atoms with Gasteiger partial charge in [0.05, 0.1) is 12.7 Å². The van der Waals surface area contributed by atoms with Crippen LogP contribution in [0.4, 0.5) is 11.5 Å². The van der Waals surface area contributed by atoms with E-state index in [2.05, 4.69) is 25.0 Å². The summed E-state index contributed by atoms with van der Waals surface area (Å²) in [6, 6.07) is 6.28. The van der Waals surface area contributed by atoms with Gasteiger partial charge in [0.15, 0.2) is 5.82 Å². The lowest BCUT2D eigenvalue weighted by Gasteiger charge is -2.27. The average Bonchev–Trinajstić information content (AvgIpc) is 3.09. The molecule has 1 aliphatic heterocycles. The van der Waals surface area contributed by atoms with Crippen LogP contribution in [0.2, 0.25) is 0 Å². The molecule has 1 aliphatic rings. The molecule has 30 heavy (non-hydrogen) atoms. The smallest absolute Gasteiger partial charge is 0.350 e. The van der Waals surface area contributed by atoms with Gasteiger partial charge in [-0.3, -0.25) is 4.79 Å². The van der Waals surface area contributed by atoms with Crippen molar-refractivity contribution in [3.8, 4) is 0 Å². The minimum absolute atomic E-state index is 0.242. The van der Waals surface area contributed by atoms with Crippen molar-refractivity contribution in [2.75, 3.05) is 41.9 Å². The van der Waals surface area contributed by atoms with Gasteiger partial charge < -0.3 is 15.0 Å². The Morgan fingerprint density at radius 3 is 2.63 bits per heavy atom. The maximum absolute atomic E-state index is 12.7. The van der Waals surface area contributed by atoms with Gasteiger partial charge in [0, 0.05) is 42.7 Å². The van der Waals surface area contributed by atoms with Gasteiger partial charge in [-0.15, -0.1) is 5.10 Å². The number of esters is 1. The quantitative estimate of drug-likeness (QED) is 0.596. The minimum Gasteiger partial charge on any atom is -0.465 e. The zero-order valence-corrected chi connectivity index (χ0v) is 17.1. The van der Waals surface area contributed by atoms with Crippen LogP contribution in [0.3, 0.4) is 0 Å². The van der Waals surface area contributed by atoms with Gasteiger partial charge in [0.25, 0.3) is 0 Å². The van der Waals surface area contributed by atoms with Crippen LogP contribution in [0, 0.1) is 0 Å². The highest BCUT2D eigenvalue weighted by Crippen LogP contribution is 2.20. The molecule has 0 radical (unpaired) electrons. The summed E-state index contributed by atoms with van der Waals surface area (Å²) >= 11 is 1.88. The lowest BCUT2D eigenvalue weighted by molar-refractivity contribution is -0.117. The van der Waals surface area contributed by atoms with E-state index in [1.54, 1.807) is 36.7 Å². The molecule has 0 saturated carbocycles. The molecule has 3 heterocycles. The molecule has 0 bridgehead atoms. The summed E-state index contributed by atoms with van der Waals surface area (Å²) < 4.78 is 7.17. The number of aromatic nitrogens is 4. The van der Waals surface area contributed by atoms with Crippen LogP contribution in [0.1, 0.15) is 10.4 Å². The van der Waals surface area contributed by atoms with Crippen LogP contribution in [-0.4, -0.2) is 62.7 Å². The Hall–Kier alpha value is -3.34. The Morgan fingerprint density at radius 2 is 1.93 bits per heavy atom. The number of ether oxygens (including phenoxy) is 1. The fourth-order valence-corrected chi connectivity index (χ4v) is 4.08. The third-order valence-electron chi connectivity index (χ3n) is 4.68. The molecule has 1 saturated heterocycles. The van der Waals surface area contributed by atoms with E-state index in [9.17, 15) is 14.4 Å². The number of fused-ring (bicyclic) bond motifs is 1. The predicted molar refractivity (Wildman–Crippen MR) is 113 cm³/mol. The predicted octanol–water partition coefficient (Wildman–Crippen LogP) is 0.869. The number of nitrogens with one attached hydrogen (secondary N) is 1. The number of hydrogen-bond acceptors (Lipinski definition) is 8. The fraction of sp³-hybridized carbons (Fsp3) is 0.316. The van der Waals surface area contributed by atoms with Crippen LogP contribution in [0.5, 0.6) is 0 Å². The van der Waals surface area contributed by atoms with Crippen LogP contribution in [0.15, 0.2) is 41.5 Å². The molecule has 0 atom stereocenters. The van der Waals surface area contributed by atoms with E-state index in [1.165, 1.54) is 11.5 Å². The third kappa shape index (κ3) is 4.01. The van der Waals surface area contributed by atoms with E-state index < -0.39 is 17.6 Å². The largest absolute Gasteiger partial charge is 0.465 e. The number of anilines is 2. The molecule has 10 nitrogen and oxygen atoms in total. The zero-order chi connectivity index (χ0) is 21.1. The molecule has 4 rings (SSSR count). The van der Waals surface area contributed by atoms with E-state index in [-0.39, 0.29) is 6.54 Å². The first kappa shape index (κ1) is 20.0. The number of benzene rings is 1. The van der Waals surface area contributed by atoms with Crippen LogP contribution in [-0.2, 0) is 16.1 Å². The summed E-state index contributed by atoms with van der Waals surface area (Å²) in [6.07, 6.45) is 3.12. The number of nitrogens with zero attached hydrogens (tertiary/aromatic N) is 5. The fourth-order valence-electron chi connectivity index (χ4n) is 3.18. The van der Waals surface area contributed by atoms with Crippen LogP contribution in [0.25, 0.3) is 5.65 Å². The van der Waals surface area contributed by atoms with E-state index >= 15 is 0 Å². The second-order valence-corrected chi connectivity index (χ2v) is 7.83. The normalized spacial score (nSPS) is 14.0. The standard InChI is InChI=1S/C19H20N6O4S/c1-29-18(27)13-2-4-14(5-3-13)21-15(26)12-25-19(28)24-7-6-20-16(17(24)22-25)23-8-10-30-11-9-23/h2-7H,8-12H2,1H3,(H,21,26). The SMILES string of the molecule is COC(=O)c1ccc(NC(=O)Cn2nc3c(N4CCSCC4)nccn3c2=O)cc1. The van der Waals surface area contributed by atoms with E-state index in [4.69, 9.17) is 0 Å². The number of thioether (sulfide) groups is 1. The van der Waals surface area contributed by atoms with Gasteiger partial charge in [-0.1, -0.05) is 0 Å². The molecule has 1 amide bonds. The molecule has 1 fully saturated rings. The molecule has 11 heteroatoms. The van der Waals surface area contributed by atoms with Crippen molar-refractivity contribution in [1.29, 1.82) is 0 Å². The Bertz CT molecular complexity index is 1130. The van der Waals surface area contributed by atoms with E-state index in [1.807, 2.05) is 11.8 Å². The highest BCUT2D eigenvalue weighted by atomic mass is 32.2. The monoisotopic (exact) mass is 428 g/mol. The van der Waals surface area contributed by atoms with Crippen LogP contribution >= 0.6 is 11.8 Å². The zero-order valence-electron chi connectivity index (χ0n) is 16.3. The molecule has 0 aliphatic carbocycles. The maximum atomic E-state index is 12.7. The summed E-state index contributed by atoms with van der Waals surface area (Å²) in [6.45, 7) is 1.43. The number of rotatable bonds is 5. The van der Waals surface area contributed by atoms with Gasteiger partial charge in [-0.05, 0) is 24.3 Å². The summed E-state index contributed by atoms with van der Waals surface area (Å²) in [7, 11) is 1.30. The van der Waals surface area contributed by atoms with Gasteiger partial charge >= 0.3 is 11.7 Å². The summed E-state index contributed by atoms with van der Waals surface area (Å²) in [5.41, 5.74) is 0.904. The topological polar surface area (TPSA) is 111 Å². The van der Waals surface area contributed by atoms with E-state index in [0.717, 1.165) is 29.3 Å². The highest BCUT2D eigenvalue weighted by molar-refractivity contribution is 7.99. The van der Waals surface area contributed by atoms with Gasteiger partial charge in [-0.2, -0.15) is 11.8 Å². The molecule has 3 aromatic rings. The van der Waals surface area contributed by atoms with Gasteiger partial charge in [0.2, 0.25) is 11.6 Å². The van der Waals surface area contributed by atoms with Crippen molar-refractivity contribution in [2.45, 2.75) is 6.54 Å². The Morgan fingerprint density at radius 1 is 1.20 bits per heavy atom. The van der Waals surface area contributed by atoms with E-state index in [0.29, 0.717) is 22.7 Å². The first-order valence-electron chi connectivity index (χ1n) is 9.32. The maximum Gasteiger partial charge on any atom is 0.350 e. The molecule has 0 unspecified atom stereocenters. The third-order valence-corrected chi connectivity index (χ3v) is 5.62. The highest BCUT2D eigenvalue weighted by Gasteiger charge is 2.20. The molecular formula is C19H20N6O4S. The van der Waals surface area contributed by atoms with Gasteiger partial charge in [-0.25, -0.2) is 23.7 Å². The number of carbonyl (C=O) groups is 2. The minimum atomic E-state index is -0.458. The number of hydrogen-bond donors (Lipinski definition) is 1. The molecule has 0 spiro atoms. The summed E-state index contributed by atoms with van der Waals surface area (Å²) in [4.78, 5) is 43.1. The van der Waals surface area contributed by atoms with Crippen molar-refractivity contribution >= 4 is 40.8 Å². The summed E-state index contributed by atoms with van der Waals surface area (Å²) in [5.74, 6) is 1.76. The number of amides is 1. The van der Waals surface area contributed by atoms with Crippen molar-refractivity contribution in [3.63, 3.8) is 0 Å². The van der Waals surface area contributed by atoms with Crippen molar-refractivity contribution in [3.05, 3.63) is 52.7 Å². The van der Waals surface area contributed by atoms with Gasteiger partial charge in [0.1, 0.15) is 6.54 Å². The van der Waals surface area contributed by atoms with Crippen molar-refractivity contribution < 1.29 is 14.3 Å². The Labute approximate surface area is 175 Å². The lowest BCUT2D eigenvalue weighted by Crippen LogP contribution is -2.33. The second-order valence-electron chi connectivity index (χ2n) is 6.60. The average molecular weight is 428 g/mol. The lowest BCUT2D eigenvalue weighted by atomic mass is 10.2. The Balaban J connectivity index is 1.52. The molecule has 1 N–H and O–H groups in total. The molecular weight excluding hydrogens is 408 g/mol. The first-order chi connectivity index (χ1) is 14.6. The summed E-state index contributed by atoms with van der Waals surface area (Å²) in [5, 5.41) is 7.05. The second kappa shape index (κ2) is 8.57. The molecule has 156 valence electrons. The Kier molecular flexibility index (Phi) is 5.70. The number of methoxy groups -OCH3 is 1. The molecule has 2 aromatic heterocycles. The first-order valence-corrected chi connectivity index (χ1v) is 10.5. The molecule has 1 aromatic carbocycles. The van der Waals surface area contributed by atoms with Crippen molar-refractivity contribution in [1.82, 2.24) is 19.2 Å². The van der Waals surface area contributed by atoms with Crippen molar-refractivity contribution in [2.24, 2.45) is 0 Å².